The standard InChI is InChI=1S/C11H9F3N4O2/c1-20-9-4-2-3-7(15-9)5-18-6-8(16-17-18)10(19)11(12,13)14/h2-4,6H,5H2,1H3. The van der Waals surface area contributed by atoms with Crippen molar-refractivity contribution in [2.75, 3.05) is 7.11 Å². The number of methoxy groups -OCH3 is 1. The Kier molecular flexibility index (Phi) is 3.68. The number of aromatic nitrogens is 4. The summed E-state index contributed by atoms with van der Waals surface area (Å²) in [5, 5.41) is 6.67. The summed E-state index contributed by atoms with van der Waals surface area (Å²) in [6.45, 7) is 0.0787. The van der Waals surface area contributed by atoms with Crippen LogP contribution in [0.25, 0.3) is 0 Å². The van der Waals surface area contributed by atoms with Crippen molar-refractivity contribution in [3.63, 3.8) is 0 Å². The maximum absolute atomic E-state index is 12.2. The van der Waals surface area contributed by atoms with E-state index in [4.69, 9.17) is 4.74 Å². The molecule has 0 radical (unpaired) electrons. The van der Waals surface area contributed by atoms with E-state index in [1.165, 1.54) is 7.11 Å². The van der Waals surface area contributed by atoms with Crippen LogP contribution in [0.1, 0.15) is 16.2 Å². The van der Waals surface area contributed by atoms with E-state index in [0.29, 0.717) is 11.6 Å². The van der Waals surface area contributed by atoms with Gasteiger partial charge in [0, 0.05) is 6.07 Å². The molecule has 0 fully saturated rings. The van der Waals surface area contributed by atoms with Crippen molar-refractivity contribution in [2.24, 2.45) is 0 Å². The Hall–Kier alpha value is -2.45. The van der Waals surface area contributed by atoms with Crippen LogP contribution in [0, 0.1) is 0 Å². The predicted octanol–water partition coefficient (Wildman–Crippen LogP) is 1.47. The SMILES string of the molecule is COc1cccc(Cn2cc(C(=O)C(F)(F)F)nn2)n1. The van der Waals surface area contributed by atoms with Gasteiger partial charge in [0.15, 0.2) is 5.69 Å². The Bertz CT molecular complexity index is 624. The maximum Gasteiger partial charge on any atom is 0.456 e. The first-order valence-electron chi connectivity index (χ1n) is 5.41. The van der Waals surface area contributed by atoms with Crippen LogP contribution in [0.2, 0.25) is 0 Å². The van der Waals surface area contributed by atoms with E-state index in [9.17, 15) is 18.0 Å². The van der Waals surface area contributed by atoms with Crippen LogP contribution in [0.3, 0.4) is 0 Å². The predicted molar refractivity (Wildman–Crippen MR) is 60.3 cm³/mol. The lowest BCUT2D eigenvalue weighted by Crippen LogP contribution is -2.23. The molecule has 2 aromatic rings. The minimum atomic E-state index is -4.96. The summed E-state index contributed by atoms with van der Waals surface area (Å²) >= 11 is 0. The fourth-order valence-corrected chi connectivity index (χ4v) is 1.45. The molecule has 0 atom stereocenters. The number of hydrogen-bond donors (Lipinski definition) is 0. The fraction of sp³-hybridized carbons (Fsp3) is 0.273. The van der Waals surface area contributed by atoms with Crippen molar-refractivity contribution in [1.82, 2.24) is 20.0 Å². The van der Waals surface area contributed by atoms with Crippen LogP contribution >= 0.6 is 0 Å². The number of carbonyl (C=O) groups is 1. The number of ketones is 1. The number of alkyl halides is 3. The molecule has 9 heteroatoms. The quantitative estimate of drug-likeness (QED) is 0.796. The molecular weight excluding hydrogens is 277 g/mol. The molecule has 0 aliphatic heterocycles. The molecule has 106 valence electrons. The molecule has 0 aromatic carbocycles. The molecule has 2 heterocycles. The summed E-state index contributed by atoms with van der Waals surface area (Å²) in [5.41, 5.74) is -0.236. The van der Waals surface area contributed by atoms with E-state index in [2.05, 4.69) is 15.3 Å². The molecule has 0 aliphatic carbocycles. The Morgan fingerprint density at radius 2 is 2.15 bits per heavy atom. The average Bonchev–Trinajstić information content (AvgIpc) is 2.85. The zero-order valence-electron chi connectivity index (χ0n) is 10.3. The number of pyridine rings is 1. The Labute approximate surface area is 111 Å². The lowest BCUT2D eigenvalue weighted by Gasteiger charge is -2.03. The zero-order chi connectivity index (χ0) is 14.8. The molecule has 0 amide bonds. The lowest BCUT2D eigenvalue weighted by atomic mass is 10.3. The first kappa shape index (κ1) is 14.0. The molecule has 2 aromatic heterocycles. The van der Waals surface area contributed by atoms with Crippen LogP contribution in [0.4, 0.5) is 13.2 Å². The number of halogens is 3. The second-order valence-electron chi connectivity index (χ2n) is 3.80. The minimum Gasteiger partial charge on any atom is -0.481 e. The van der Waals surface area contributed by atoms with Gasteiger partial charge in [0.2, 0.25) is 5.88 Å². The summed E-state index contributed by atoms with van der Waals surface area (Å²) in [7, 11) is 1.45. The molecule has 0 spiro atoms. The number of nitrogens with zero attached hydrogens (tertiary/aromatic N) is 4. The highest BCUT2D eigenvalue weighted by atomic mass is 19.4. The summed E-state index contributed by atoms with van der Waals surface area (Å²) in [4.78, 5) is 15.0. The molecule has 0 saturated carbocycles. The monoisotopic (exact) mass is 286 g/mol. The highest BCUT2D eigenvalue weighted by Crippen LogP contribution is 2.20. The van der Waals surface area contributed by atoms with Gasteiger partial charge in [0.25, 0.3) is 5.78 Å². The van der Waals surface area contributed by atoms with Crippen molar-refractivity contribution in [3.8, 4) is 5.88 Å². The second kappa shape index (κ2) is 5.27. The van der Waals surface area contributed by atoms with Gasteiger partial charge in [-0.25, -0.2) is 9.67 Å². The Balaban J connectivity index is 2.15. The molecule has 0 N–H and O–H groups in total. The van der Waals surface area contributed by atoms with E-state index < -0.39 is 17.7 Å². The van der Waals surface area contributed by atoms with Crippen molar-refractivity contribution in [2.45, 2.75) is 12.7 Å². The number of carbonyl (C=O) groups excluding carboxylic acids is 1. The second-order valence-corrected chi connectivity index (χ2v) is 3.80. The van der Waals surface area contributed by atoms with Gasteiger partial charge >= 0.3 is 6.18 Å². The molecule has 0 bridgehead atoms. The normalized spacial score (nSPS) is 11.4. The van der Waals surface area contributed by atoms with Crippen LogP contribution in [-0.2, 0) is 6.54 Å². The molecule has 20 heavy (non-hydrogen) atoms. The Morgan fingerprint density at radius 1 is 1.40 bits per heavy atom. The molecular formula is C11H9F3N4O2. The summed E-state index contributed by atoms with van der Waals surface area (Å²) < 4.78 is 42.7. The summed E-state index contributed by atoms with van der Waals surface area (Å²) in [5.74, 6) is -1.66. The third kappa shape index (κ3) is 3.11. The van der Waals surface area contributed by atoms with Crippen molar-refractivity contribution < 1.29 is 22.7 Å². The number of rotatable bonds is 4. The van der Waals surface area contributed by atoms with Gasteiger partial charge in [-0.05, 0) is 6.07 Å². The van der Waals surface area contributed by atoms with Gasteiger partial charge in [-0.2, -0.15) is 13.2 Å². The minimum absolute atomic E-state index is 0.0787. The van der Waals surface area contributed by atoms with Gasteiger partial charge < -0.3 is 4.74 Å². The molecule has 0 unspecified atom stereocenters. The number of Topliss-reactive ketones (excluding diaryl/α,β-unsaturated/α-hetero) is 1. The van der Waals surface area contributed by atoms with Crippen molar-refractivity contribution in [1.29, 1.82) is 0 Å². The maximum atomic E-state index is 12.2. The molecule has 6 nitrogen and oxygen atoms in total. The van der Waals surface area contributed by atoms with Crippen LogP contribution < -0.4 is 4.74 Å². The topological polar surface area (TPSA) is 69.9 Å². The molecule has 2 rings (SSSR count). The zero-order valence-corrected chi connectivity index (χ0v) is 10.3. The summed E-state index contributed by atoms with van der Waals surface area (Å²) in [6, 6.07) is 4.96. The lowest BCUT2D eigenvalue weighted by molar-refractivity contribution is -0.0888. The van der Waals surface area contributed by atoms with Gasteiger partial charge in [-0.15, -0.1) is 5.10 Å². The molecule has 0 aliphatic rings. The van der Waals surface area contributed by atoms with Gasteiger partial charge in [0.05, 0.1) is 25.5 Å². The third-order valence-corrected chi connectivity index (χ3v) is 2.34. The van der Waals surface area contributed by atoms with E-state index in [1.807, 2.05) is 0 Å². The smallest absolute Gasteiger partial charge is 0.456 e. The van der Waals surface area contributed by atoms with Crippen LogP contribution in [0.15, 0.2) is 24.4 Å². The van der Waals surface area contributed by atoms with Crippen molar-refractivity contribution >= 4 is 5.78 Å². The Morgan fingerprint density at radius 3 is 2.80 bits per heavy atom. The third-order valence-electron chi connectivity index (χ3n) is 2.34. The summed E-state index contributed by atoms with van der Waals surface area (Å²) in [6.07, 6.45) is -4.04. The number of ether oxygens (including phenoxy) is 1. The first-order chi connectivity index (χ1) is 9.40. The highest BCUT2D eigenvalue weighted by molar-refractivity contribution is 5.98. The van der Waals surface area contributed by atoms with Gasteiger partial charge in [-0.3, -0.25) is 4.79 Å². The highest BCUT2D eigenvalue weighted by Gasteiger charge is 2.41. The van der Waals surface area contributed by atoms with E-state index in [0.717, 1.165) is 10.9 Å². The number of hydrogen-bond acceptors (Lipinski definition) is 5. The van der Waals surface area contributed by atoms with Gasteiger partial charge in [0.1, 0.15) is 0 Å². The van der Waals surface area contributed by atoms with Crippen LogP contribution in [-0.4, -0.2) is 39.0 Å². The largest absolute Gasteiger partial charge is 0.481 e. The molecule has 0 saturated heterocycles. The van der Waals surface area contributed by atoms with E-state index >= 15 is 0 Å². The van der Waals surface area contributed by atoms with Crippen molar-refractivity contribution in [3.05, 3.63) is 35.8 Å². The van der Waals surface area contributed by atoms with E-state index in [1.54, 1.807) is 18.2 Å². The van der Waals surface area contributed by atoms with Crippen LogP contribution in [0.5, 0.6) is 5.88 Å². The van der Waals surface area contributed by atoms with E-state index in [-0.39, 0.29) is 6.54 Å². The van der Waals surface area contributed by atoms with Gasteiger partial charge in [-0.1, -0.05) is 11.3 Å². The fourth-order valence-electron chi connectivity index (χ4n) is 1.45. The average molecular weight is 286 g/mol. The first-order valence-corrected chi connectivity index (χ1v) is 5.41.